The molecule has 0 atom stereocenters. The summed E-state index contributed by atoms with van der Waals surface area (Å²) in [5.74, 6) is 0. The molecular formula is C11H11NO3. The highest BCUT2D eigenvalue weighted by atomic mass is 16.3. The van der Waals surface area contributed by atoms with E-state index in [9.17, 15) is 4.79 Å². The standard InChI is InChI=1S/C11H11NO3/c13-5-8-3-7-1-2-12-11(15)10(7)4-9(8)6-14/h1-4,13-14H,5-6H2,(H,12,15). The van der Waals surface area contributed by atoms with Crippen molar-refractivity contribution in [3.05, 3.63) is 45.9 Å². The van der Waals surface area contributed by atoms with Crippen LogP contribution < -0.4 is 5.56 Å². The first-order chi connectivity index (χ1) is 7.26. The maximum Gasteiger partial charge on any atom is 0.255 e. The summed E-state index contributed by atoms with van der Waals surface area (Å²) >= 11 is 0. The monoisotopic (exact) mass is 205 g/mol. The van der Waals surface area contributed by atoms with E-state index in [1.165, 1.54) is 0 Å². The number of aromatic amines is 1. The largest absolute Gasteiger partial charge is 0.392 e. The van der Waals surface area contributed by atoms with Crippen LogP contribution in [0.25, 0.3) is 10.8 Å². The number of aliphatic hydroxyl groups is 2. The number of aliphatic hydroxyl groups excluding tert-OH is 2. The second-order valence-electron chi connectivity index (χ2n) is 3.33. The van der Waals surface area contributed by atoms with Crippen molar-refractivity contribution in [3.63, 3.8) is 0 Å². The van der Waals surface area contributed by atoms with Crippen LogP contribution in [-0.4, -0.2) is 15.2 Å². The van der Waals surface area contributed by atoms with Gasteiger partial charge >= 0.3 is 0 Å². The van der Waals surface area contributed by atoms with E-state index in [0.29, 0.717) is 16.5 Å². The summed E-state index contributed by atoms with van der Waals surface area (Å²) in [4.78, 5) is 14.0. The number of nitrogens with one attached hydrogen (secondary N) is 1. The van der Waals surface area contributed by atoms with Gasteiger partial charge in [0.05, 0.1) is 13.2 Å². The minimum absolute atomic E-state index is 0.140. The van der Waals surface area contributed by atoms with E-state index >= 15 is 0 Å². The lowest BCUT2D eigenvalue weighted by molar-refractivity contribution is 0.260. The van der Waals surface area contributed by atoms with Crippen LogP contribution in [0.15, 0.2) is 29.2 Å². The molecule has 0 aliphatic heterocycles. The lowest BCUT2D eigenvalue weighted by Crippen LogP contribution is -2.06. The molecule has 1 aromatic carbocycles. The molecule has 0 spiro atoms. The molecule has 0 fully saturated rings. The Bertz CT molecular complexity index is 545. The Morgan fingerprint density at radius 3 is 2.47 bits per heavy atom. The van der Waals surface area contributed by atoms with Gasteiger partial charge in [-0.3, -0.25) is 4.79 Å². The summed E-state index contributed by atoms with van der Waals surface area (Å²) in [6.07, 6.45) is 1.56. The first-order valence-electron chi connectivity index (χ1n) is 4.61. The van der Waals surface area contributed by atoms with Gasteiger partial charge in [-0.15, -0.1) is 0 Å². The summed E-state index contributed by atoms with van der Waals surface area (Å²) in [5, 5.41) is 19.4. The molecule has 3 N–H and O–H groups in total. The van der Waals surface area contributed by atoms with Crippen LogP contribution >= 0.6 is 0 Å². The highest BCUT2D eigenvalue weighted by Crippen LogP contribution is 2.17. The Labute approximate surface area is 85.8 Å². The van der Waals surface area contributed by atoms with Crippen molar-refractivity contribution in [3.8, 4) is 0 Å². The molecule has 15 heavy (non-hydrogen) atoms. The second-order valence-corrected chi connectivity index (χ2v) is 3.33. The summed E-state index contributed by atoms with van der Waals surface area (Å²) in [5.41, 5.74) is 1.05. The lowest BCUT2D eigenvalue weighted by atomic mass is 10.0. The topological polar surface area (TPSA) is 73.3 Å². The molecule has 1 heterocycles. The fourth-order valence-corrected chi connectivity index (χ4v) is 1.62. The maximum absolute atomic E-state index is 11.4. The predicted molar refractivity (Wildman–Crippen MR) is 56.4 cm³/mol. The number of aromatic nitrogens is 1. The fourth-order valence-electron chi connectivity index (χ4n) is 1.62. The molecule has 2 aromatic rings. The lowest BCUT2D eigenvalue weighted by Gasteiger charge is -2.06. The van der Waals surface area contributed by atoms with Crippen molar-refractivity contribution in [1.82, 2.24) is 4.98 Å². The number of benzene rings is 1. The van der Waals surface area contributed by atoms with E-state index in [1.54, 1.807) is 24.4 Å². The van der Waals surface area contributed by atoms with Crippen molar-refractivity contribution in [2.45, 2.75) is 13.2 Å². The van der Waals surface area contributed by atoms with Crippen LogP contribution in [-0.2, 0) is 13.2 Å². The normalized spacial score (nSPS) is 10.8. The van der Waals surface area contributed by atoms with Crippen molar-refractivity contribution in [2.75, 3.05) is 0 Å². The van der Waals surface area contributed by atoms with Crippen LogP contribution in [0, 0.1) is 0 Å². The van der Waals surface area contributed by atoms with Crippen molar-refractivity contribution < 1.29 is 10.2 Å². The quantitative estimate of drug-likeness (QED) is 0.669. The van der Waals surface area contributed by atoms with E-state index in [1.807, 2.05) is 0 Å². The van der Waals surface area contributed by atoms with Gasteiger partial charge in [0.1, 0.15) is 0 Å². The summed E-state index contributed by atoms with van der Waals surface area (Å²) in [7, 11) is 0. The summed E-state index contributed by atoms with van der Waals surface area (Å²) in [6.45, 7) is -0.321. The van der Waals surface area contributed by atoms with Crippen LogP contribution in [0.2, 0.25) is 0 Å². The minimum Gasteiger partial charge on any atom is -0.392 e. The van der Waals surface area contributed by atoms with Crippen LogP contribution in [0.3, 0.4) is 0 Å². The number of pyridine rings is 1. The van der Waals surface area contributed by atoms with Gasteiger partial charge in [-0.2, -0.15) is 0 Å². The Hall–Kier alpha value is -1.65. The highest BCUT2D eigenvalue weighted by molar-refractivity contribution is 5.82. The smallest absolute Gasteiger partial charge is 0.255 e. The average Bonchev–Trinajstić information content (AvgIpc) is 2.28. The molecule has 78 valence electrons. The van der Waals surface area contributed by atoms with Gasteiger partial charge in [0.15, 0.2) is 0 Å². The SMILES string of the molecule is O=c1[nH]ccc2cc(CO)c(CO)cc12. The molecule has 0 unspecified atom stereocenters. The van der Waals surface area contributed by atoms with E-state index < -0.39 is 0 Å². The van der Waals surface area contributed by atoms with Gasteiger partial charge in [-0.05, 0) is 34.7 Å². The zero-order valence-corrected chi connectivity index (χ0v) is 8.03. The first-order valence-corrected chi connectivity index (χ1v) is 4.61. The fraction of sp³-hybridized carbons (Fsp3) is 0.182. The number of H-pyrrole nitrogens is 1. The van der Waals surface area contributed by atoms with Gasteiger partial charge in [-0.1, -0.05) is 0 Å². The third-order valence-electron chi connectivity index (χ3n) is 2.43. The zero-order valence-electron chi connectivity index (χ0n) is 8.03. The molecule has 0 aliphatic carbocycles. The predicted octanol–water partition coefficient (Wildman–Crippen LogP) is 0.513. The van der Waals surface area contributed by atoms with Crippen molar-refractivity contribution in [1.29, 1.82) is 0 Å². The average molecular weight is 205 g/mol. The molecule has 0 aliphatic rings. The van der Waals surface area contributed by atoms with Gasteiger partial charge in [0.25, 0.3) is 5.56 Å². The molecule has 4 nitrogen and oxygen atoms in total. The van der Waals surface area contributed by atoms with Crippen molar-refractivity contribution in [2.24, 2.45) is 0 Å². The Balaban J connectivity index is 2.81. The molecule has 0 bridgehead atoms. The Kier molecular flexibility index (Phi) is 2.53. The zero-order chi connectivity index (χ0) is 10.8. The summed E-state index contributed by atoms with van der Waals surface area (Å²) < 4.78 is 0. The third-order valence-corrected chi connectivity index (χ3v) is 2.43. The van der Waals surface area contributed by atoms with Gasteiger partial charge in [0, 0.05) is 11.6 Å². The highest BCUT2D eigenvalue weighted by Gasteiger charge is 2.05. The van der Waals surface area contributed by atoms with Gasteiger partial charge in [-0.25, -0.2) is 0 Å². The maximum atomic E-state index is 11.4. The van der Waals surface area contributed by atoms with Gasteiger partial charge < -0.3 is 15.2 Å². The van der Waals surface area contributed by atoms with E-state index in [4.69, 9.17) is 10.2 Å². The molecule has 0 saturated carbocycles. The molecule has 0 saturated heterocycles. The molecule has 1 aromatic heterocycles. The van der Waals surface area contributed by atoms with E-state index in [2.05, 4.69) is 4.98 Å². The summed E-state index contributed by atoms with van der Waals surface area (Å²) in [6, 6.07) is 5.09. The minimum atomic E-state index is -0.188. The Morgan fingerprint density at radius 2 is 1.80 bits per heavy atom. The van der Waals surface area contributed by atoms with E-state index in [-0.39, 0.29) is 18.8 Å². The molecule has 0 amide bonds. The van der Waals surface area contributed by atoms with Crippen LogP contribution in [0.5, 0.6) is 0 Å². The van der Waals surface area contributed by atoms with E-state index in [0.717, 1.165) is 5.39 Å². The van der Waals surface area contributed by atoms with Gasteiger partial charge in [0.2, 0.25) is 0 Å². The number of fused-ring (bicyclic) bond motifs is 1. The number of hydrogen-bond acceptors (Lipinski definition) is 3. The molecular weight excluding hydrogens is 194 g/mol. The first kappa shape index (κ1) is 9.89. The number of rotatable bonds is 2. The molecule has 4 heteroatoms. The van der Waals surface area contributed by atoms with Crippen molar-refractivity contribution >= 4 is 10.8 Å². The second kappa shape index (κ2) is 3.84. The van der Waals surface area contributed by atoms with Crippen LogP contribution in [0.4, 0.5) is 0 Å². The Morgan fingerprint density at radius 1 is 1.13 bits per heavy atom. The molecule has 0 radical (unpaired) electrons. The van der Waals surface area contributed by atoms with Crippen LogP contribution in [0.1, 0.15) is 11.1 Å². The third kappa shape index (κ3) is 1.65. The number of hydrogen-bond donors (Lipinski definition) is 3. The molecule has 2 rings (SSSR count).